The van der Waals surface area contributed by atoms with Crippen LogP contribution in [-0.4, -0.2) is 58.2 Å². The molecular formula is C20H30N2O4. The zero-order valence-electron chi connectivity index (χ0n) is 16.2. The molecule has 1 aliphatic heterocycles. The number of hydrogen-bond donors (Lipinski definition) is 1. The fourth-order valence-corrected chi connectivity index (χ4v) is 3.27. The lowest BCUT2D eigenvalue weighted by atomic mass is 10.1. The predicted octanol–water partition coefficient (Wildman–Crippen LogP) is 3.61. The summed E-state index contributed by atoms with van der Waals surface area (Å²) in [5.41, 5.74) is 0.785. The zero-order chi connectivity index (χ0) is 19.3. The van der Waals surface area contributed by atoms with Gasteiger partial charge in [-0.15, -0.1) is 0 Å². The van der Waals surface area contributed by atoms with Gasteiger partial charge in [0.05, 0.1) is 5.56 Å². The van der Waals surface area contributed by atoms with Crippen LogP contribution >= 0.6 is 0 Å². The first-order chi connectivity index (χ1) is 12.2. The Morgan fingerprint density at radius 3 is 2.62 bits per heavy atom. The highest BCUT2D eigenvalue weighted by molar-refractivity contribution is 5.87. The molecule has 1 aromatic carbocycles. The molecule has 6 heteroatoms. The normalized spacial score (nSPS) is 18.6. The molecule has 1 heterocycles. The molecule has 2 rings (SSSR count). The van der Waals surface area contributed by atoms with Gasteiger partial charge < -0.3 is 14.7 Å². The van der Waals surface area contributed by atoms with Gasteiger partial charge in [-0.2, -0.15) is 0 Å². The van der Waals surface area contributed by atoms with E-state index in [1.54, 1.807) is 18.2 Å². The van der Waals surface area contributed by atoms with Gasteiger partial charge in [-0.3, -0.25) is 4.90 Å². The molecule has 0 spiro atoms. The third kappa shape index (κ3) is 5.73. The highest BCUT2D eigenvalue weighted by Gasteiger charge is 2.32. The standard InChI is InChI=1S/C20H30N2O4/c1-5-7-17-14-21(10-11-22(17)19(25)26-20(2,3)4)13-15-8-6-9-16(12-15)18(23)24/h6,8-9,12,17H,5,7,10-11,13-14H2,1-4H3,(H,23,24). The summed E-state index contributed by atoms with van der Waals surface area (Å²) in [5.74, 6) is -0.912. The number of carbonyl (C=O) groups excluding carboxylic acids is 1. The molecule has 1 aliphatic rings. The lowest BCUT2D eigenvalue weighted by molar-refractivity contribution is -0.00389. The molecule has 1 amide bonds. The minimum Gasteiger partial charge on any atom is -0.478 e. The second-order valence-electron chi connectivity index (χ2n) is 7.86. The van der Waals surface area contributed by atoms with Gasteiger partial charge in [-0.25, -0.2) is 9.59 Å². The molecule has 1 fully saturated rings. The van der Waals surface area contributed by atoms with Gasteiger partial charge in [-0.1, -0.05) is 25.5 Å². The van der Waals surface area contributed by atoms with Crippen molar-refractivity contribution in [2.75, 3.05) is 19.6 Å². The number of carbonyl (C=O) groups is 2. The Hall–Kier alpha value is -2.08. The van der Waals surface area contributed by atoms with Gasteiger partial charge in [0.25, 0.3) is 0 Å². The maximum atomic E-state index is 12.5. The Bertz CT molecular complexity index is 639. The predicted molar refractivity (Wildman–Crippen MR) is 100 cm³/mol. The average molecular weight is 362 g/mol. The number of benzene rings is 1. The Kier molecular flexibility index (Phi) is 6.64. The van der Waals surface area contributed by atoms with E-state index in [2.05, 4.69) is 11.8 Å². The lowest BCUT2D eigenvalue weighted by Gasteiger charge is -2.41. The fraction of sp³-hybridized carbons (Fsp3) is 0.600. The van der Waals surface area contributed by atoms with E-state index in [0.29, 0.717) is 18.7 Å². The van der Waals surface area contributed by atoms with Crippen molar-refractivity contribution in [2.24, 2.45) is 0 Å². The number of rotatable bonds is 5. The number of nitrogens with zero attached hydrogens (tertiary/aromatic N) is 2. The molecule has 1 N–H and O–H groups in total. The lowest BCUT2D eigenvalue weighted by Crippen LogP contribution is -2.55. The van der Waals surface area contributed by atoms with E-state index in [4.69, 9.17) is 9.84 Å². The van der Waals surface area contributed by atoms with Crippen molar-refractivity contribution >= 4 is 12.1 Å². The van der Waals surface area contributed by atoms with Crippen molar-refractivity contribution in [3.8, 4) is 0 Å². The Morgan fingerprint density at radius 2 is 2.00 bits per heavy atom. The summed E-state index contributed by atoms with van der Waals surface area (Å²) < 4.78 is 5.55. The van der Waals surface area contributed by atoms with Gasteiger partial charge in [0.2, 0.25) is 0 Å². The molecule has 0 aliphatic carbocycles. The highest BCUT2D eigenvalue weighted by Crippen LogP contribution is 2.20. The third-order valence-electron chi connectivity index (χ3n) is 4.40. The average Bonchev–Trinajstić information content (AvgIpc) is 2.54. The topological polar surface area (TPSA) is 70.1 Å². The monoisotopic (exact) mass is 362 g/mol. The second-order valence-corrected chi connectivity index (χ2v) is 7.86. The van der Waals surface area contributed by atoms with Crippen molar-refractivity contribution in [1.29, 1.82) is 0 Å². The first kappa shape index (κ1) is 20.2. The van der Waals surface area contributed by atoms with Crippen LogP contribution in [0.1, 0.15) is 56.5 Å². The molecule has 1 saturated heterocycles. The summed E-state index contributed by atoms with van der Waals surface area (Å²) in [7, 11) is 0. The van der Waals surface area contributed by atoms with Gasteiger partial charge in [-0.05, 0) is 44.9 Å². The zero-order valence-corrected chi connectivity index (χ0v) is 16.2. The maximum absolute atomic E-state index is 12.5. The number of amides is 1. The van der Waals surface area contributed by atoms with Crippen molar-refractivity contribution in [2.45, 2.75) is 58.7 Å². The SMILES string of the molecule is CCCC1CN(Cc2cccc(C(=O)O)c2)CCN1C(=O)OC(C)(C)C. The molecule has 1 aromatic rings. The molecule has 6 nitrogen and oxygen atoms in total. The van der Waals surface area contributed by atoms with E-state index in [1.807, 2.05) is 31.7 Å². The second kappa shape index (κ2) is 8.54. The van der Waals surface area contributed by atoms with Crippen LogP contribution in [-0.2, 0) is 11.3 Å². The molecule has 1 unspecified atom stereocenters. The Labute approximate surface area is 155 Å². The van der Waals surface area contributed by atoms with Crippen LogP contribution in [0.5, 0.6) is 0 Å². The van der Waals surface area contributed by atoms with Gasteiger partial charge in [0.15, 0.2) is 0 Å². The van der Waals surface area contributed by atoms with Crippen molar-refractivity contribution in [3.63, 3.8) is 0 Å². The highest BCUT2D eigenvalue weighted by atomic mass is 16.6. The molecule has 144 valence electrons. The number of aromatic carboxylic acids is 1. The first-order valence-corrected chi connectivity index (χ1v) is 9.24. The van der Waals surface area contributed by atoms with Crippen LogP contribution in [0.2, 0.25) is 0 Å². The largest absolute Gasteiger partial charge is 0.478 e. The summed E-state index contributed by atoms with van der Waals surface area (Å²) in [6.45, 7) is 10.6. The smallest absolute Gasteiger partial charge is 0.410 e. The number of ether oxygens (including phenoxy) is 1. The van der Waals surface area contributed by atoms with Gasteiger partial charge >= 0.3 is 12.1 Å². The summed E-state index contributed by atoms with van der Waals surface area (Å²) in [6, 6.07) is 7.16. The number of carboxylic acids is 1. The van der Waals surface area contributed by atoms with E-state index in [1.165, 1.54) is 0 Å². The van der Waals surface area contributed by atoms with E-state index in [0.717, 1.165) is 31.5 Å². The summed E-state index contributed by atoms with van der Waals surface area (Å²) >= 11 is 0. The Morgan fingerprint density at radius 1 is 1.27 bits per heavy atom. The summed E-state index contributed by atoms with van der Waals surface area (Å²) in [4.78, 5) is 27.8. The first-order valence-electron chi connectivity index (χ1n) is 9.24. The third-order valence-corrected chi connectivity index (χ3v) is 4.40. The number of carboxylic acid groups (broad SMARTS) is 1. The van der Waals surface area contributed by atoms with E-state index in [9.17, 15) is 9.59 Å². The molecular weight excluding hydrogens is 332 g/mol. The summed E-state index contributed by atoms with van der Waals surface area (Å²) in [6.07, 6.45) is 1.67. The minimum absolute atomic E-state index is 0.117. The minimum atomic E-state index is -0.912. The Balaban J connectivity index is 2.03. The van der Waals surface area contributed by atoms with Crippen LogP contribution in [0.25, 0.3) is 0 Å². The molecule has 0 aromatic heterocycles. The van der Waals surface area contributed by atoms with Crippen LogP contribution < -0.4 is 0 Å². The maximum Gasteiger partial charge on any atom is 0.410 e. The number of piperazine rings is 1. The van der Waals surface area contributed by atoms with Gasteiger partial charge in [0, 0.05) is 32.2 Å². The molecule has 1 atom stereocenters. The molecule has 0 bridgehead atoms. The van der Waals surface area contributed by atoms with Crippen molar-refractivity contribution in [3.05, 3.63) is 35.4 Å². The van der Waals surface area contributed by atoms with E-state index >= 15 is 0 Å². The summed E-state index contributed by atoms with van der Waals surface area (Å²) in [5, 5.41) is 9.14. The van der Waals surface area contributed by atoms with Crippen molar-refractivity contribution < 1.29 is 19.4 Å². The fourth-order valence-electron chi connectivity index (χ4n) is 3.27. The molecule has 26 heavy (non-hydrogen) atoms. The van der Waals surface area contributed by atoms with E-state index < -0.39 is 11.6 Å². The van der Waals surface area contributed by atoms with Crippen molar-refractivity contribution in [1.82, 2.24) is 9.80 Å². The molecule has 0 radical (unpaired) electrons. The van der Waals surface area contributed by atoms with E-state index in [-0.39, 0.29) is 12.1 Å². The quantitative estimate of drug-likeness (QED) is 0.866. The van der Waals surface area contributed by atoms with Crippen LogP contribution in [0.4, 0.5) is 4.79 Å². The van der Waals surface area contributed by atoms with Crippen LogP contribution in [0, 0.1) is 0 Å². The van der Waals surface area contributed by atoms with Crippen LogP contribution in [0.3, 0.4) is 0 Å². The number of hydrogen-bond acceptors (Lipinski definition) is 4. The van der Waals surface area contributed by atoms with Crippen LogP contribution in [0.15, 0.2) is 24.3 Å². The van der Waals surface area contributed by atoms with Gasteiger partial charge in [0.1, 0.15) is 5.60 Å². The molecule has 0 saturated carbocycles.